The van der Waals surface area contributed by atoms with E-state index in [1.165, 1.54) is 5.56 Å². The summed E-state index contributed by atoms with van der Waals surface area (Å²) < 4.78 is 0. The van der Waals surface area contributed by atoms with Gasteiger partial charge in [-0.3, -0.25) is 14.4 Å². The Morgan fingerprint density at radius 3 is 2.49 bits per heavy atom. The Labute approximate surface area is 210 Å². The summed E-state index contributed by atoms with van der Waals surface area (Å²) in [7, 11) is 0. The molecule has 3 heteroatoms. The summed E-state index contributed by atoms with van der Waals surface area (Å²) >= 11 is 0. The van der Waals surface area contributed by atoms with Gasteiger partial charge in [-0.15, -0.1) is 0 Å². The zero-order valence-electron chi connectivity index (χ0n) is 21.9. The predicted octanol–water partition coefficient (Wildman–Crippen LogP) is 6.35. The predicted molar refractivity (Wildman–Crippen MR) is 137 cm³/mol. The second kappa shape index (κ2) is 9.02. The van der Waals surface area contributed by atoms with Crippen molar-refractivity contribution in [1.29, 1.82) is 0 Å². The van der Waals surface area contributed by atoms with Gasteiger partial charge in [-0.1, -0.05) is 50.3 Å². The summed E-state index contributed by atoms with van der Waals surface area (Å²) in [4.78, 5) is 39.6. The third-order valence-corrected chi connectivity index (χ3v) is 10.9. The van der Waals surface area contributed by atoms with Crippen LogP contribution in [0.4, 0.5) is 0 Å². The first-order chi connectivity index (χ1) is 16.6. The molecule has 0 N–H and O–H groups in total. The largest absolute Gasteiger partial charge is 0.300 e. The molecule has 0 saturated heterocycles. The van der Waals surface area contributed by atoms with Gasteiger partial charge in [-0.25, -0.2) is 0 Å². The Bertz CT molecular complexity index is 1090. The first kappa shape index (κ1) is 24.5. The molecule has 0 heterocycles. The van der Waals surface area contributed by atoms with Crippen molar-refractivity contribution >= 4 is 17.3 Å². The third kappa shape index (κ3) is 4.02. The number of carbonyl (C=O) groups is 3. The fourth-order valence-electron chi connectivity index (χ4n) is 8.69. The van der Waals surface area contributed by atoms with Gasteiger partial charge in [0.25, 0.3) is 0 Å². The van der Waals surface area contributed by atoms with Crippen LogP contribution in [-0.2, 0) is 14.4 Å². The Morgan fingerprint density at radius 1 is 1.00 bits per heavy atom. The Morgan fingerprint density at radius 2 is 1.74 bits per heavy atom. The van der Waals surface area contributed by atoms with Gasteiger partial charge >= 0.3 is 0 Å². The van der Waals surface area contributed by atoms with E-state index >= 15 is 0 Å². The number of ketones is 3. The van der Waals surface area contributed by atoms with E-state index < -0.39 is 5.41 Å². The molecular formula is C32H40O3. The van der Waals surface area contributed by atoms with E-state index in [-0.39, 0.29) is 29.1 Å². The number of hydrogen-bond donors (Lipinski definition) is 0. The first-order valence-electron chi connectivity index (χ1n) is 13.8. The maximum absolute atomic E-state index is 13.9. The van der Waals surface area contributed by atoms with Crippen molar-refractivity contribution in [2.75, 3.05) is 0 Å². The number of Topliss-reactive ketones (excluding diaryl/α,β-unsaturated/α-hetero) is 3. The topological polar surface area (TPSA) is 51.2 Å². The van der Waals surface area contributed by atoms with Crippen LogP contribution in [0.3, 0.4) is 0 Å². The number of aryl methyl sites for hydroxylation is 1. The molecule has 8 atom stereocenters. The number of hydrogen-bond acceptors (Lipinski definition) is 3. The minimum Gasteiger partial charge on any atom is -0.300 e. The minimum atomic E-state index is -0.395. The van der Waals surface area contributed by atoms with Crippen molar-refractivity contribution in [2.24, 2.45) is 46.3 Å². The molecule has 0 spiro atoms. The highest BCUT2D eigenvalue weighted by atomic mass is 16.1. The smallest absolute Gasteiger partial charge is 0.139 e. The van der Waals surface area contributed by atoms with Crippen LogP contribution in [0.25, 0.3) is 0 Å². The molecule has 3 nitrogen and oxygen atoms in total. The lowest BCUT2D eigenvalue weighted by Gasteiger charge is -2.58. The summed E-state index contributed by atoms with van der Waals surface area (Å²) in [5, 5.41) is 0. The maximum Gasteiger partial charge on any atom is 0.139 e. The molecule has 35 heavy (non-hydrogen) atoms. The first-order valence-corrected chi connectivity index (χ1v) is 13.8. The second-order valence-electron chi connectivity index (χ2n) is 12.6. The summed E-state index contributed by atoms with van der Waals surface area (Å²) in [6.45, 7) is 8.84. The van der Waals surface area contributed by atoms with E-state index in [4.69, 9.17) is 0 Å². The van der Waals surface area contributed by atoms with Gasteiger partial charge in [-0.2, -0.15) is 0 Å². The van der Waals surface area contributed by atoms with Crippen LogP contribution in [0.2, 0.25) is 0 Å². The average molecular weight is 473 g/mol. The standard InChI is InChI=1S/C32H40O3/c1-20-9-11-22(12-10-20)8-6-5-7-21(2)25-13-14-26-30-27(19-29(35)32(25,26)4)31(3)16-15-24(33)17-23(31)18-28(30)34/h9-12,21,23,25-27,30H,5,7,13-19H2,1-4H3/t21-,23+,25-,26+,27+,30+,31+,32-/m1/s1. The average Bonchev–Trinajstić information content (AvgIpc) is 3.18. The number of carbonyl (C=O) groups excluding carboxylic acids is 3. The Balaban J connectivity index is 1.31. The van der Waals surface area contributed by atoms with Crippen LogP contribution in [0.15, 0.2) is 24.3 Å². The van der Waals surface area contributed by atoms with Gasteiger partial charge in [0, 0.05) is 49.0 Å². The zero-order valence-corrected chi connectivity index (χ0v) is 21.9. The van der Waals surface area contributed by atoms with Crippen molar-refractivity contribution < 1.29 is 14.4 Å². The maximum atomic E-state index is 13.9. The molecule has 4 saturated carbocycles. The molecule has 0 radical (unpaired) electrons. The third-order valence-electron chi connectivity index (χ3n) is 10.9. The lowest BCUT2D eigenvalue weighted by Crippen LogP contribution is -2.60. The van der Waals surface area contributed by atoms with Crippen LogP contribution in [0.5, 0.6) is 0 Å². The SMILES string of the molecule is Cc1ccc(C#CCC[C@@H](C)[C@H]2CC[C@H]3[C@@H]4C(=O)C[C@@H]5CC(=O)CC[C@]5(C)[C@H]4CC(=O)[C@]23C)cc1. The van der Waals surface area contributed by atoms with Gasteiger partial charge < -0.3 is 0 Å². The molecule has 4 aliphatic carbocycles. The van der Waals surface area contributed by atoms with E-state index in [2.05, 4.69) is 63.8 Å². The summed E-state index contributed by atoms with van der Waals surface area (Å²) in [6.07, 6.45) is 6.91. The van der Waals surface area contributed by atoms with Crippen molar-refractivity contribution in [3.63, 3.8) is 0 Å². The summed E-state index contributed by atoms with van der Waals surface area (Å²) in [6, 6.07) is 8.32. The van der Waals surface area contributed by atoms with Gasteiger partial charge in [-0.05, 0) is 79.7 Å². The van der Waals surface area contributed by atoms with E-state index in [1.54, 1.807) is 0 Å². The van der Waals surface area contributed by atoms with Gasteiger partial charge in [0.15, 0.2) is 0 Å². The van der Waals surface area contributed by atoms with Crippen molar-refractivity contribution in [3.05, 3.63) is 35.4 Å². The van der Waals surface area contributed by atoms with Crippen LogP contribution >= 0.6 is 0 Å². The molecule has 0 amide bonds. The molecule has 0 aliphatic heterocycles. The summed E-state index contributed by atoms with van der Waals surface area (Å²) in [5.41, 5.74) is 1.86. The van der Waals surface area contributed by atoms with Crippen LogP contribution in [0.1, 0.15) is 89.7 Å². The van der Waals surface area contributed by atoms with Crippen molar-refractivity contribution in [1.82, 2.24) is 0 Å². The fraction of sp³-hybridized carbons (Fsp3) is 0.656. The quantitative estimate of drug-likeness (QED) is 0.482. The number of rotatable bonds is 3. The molecule has 0 unspecified atom stereocenters. The molecule has 186 valence electrons. The van der Waals surface area contributed by atoms with Crippen molar-refractivity contribution in [2.45, 2.75) is 85.5 Å². The number of fused-ring (bicyclic) bond motifs is 5. The lowest BCUT2D eigenvalue weighted by molar-refractivity contribution is -0.166. The minimum absolute atomic E-state index is 0.00526. The van der Waals surface area contributed by atoms with Crippen LogP contribution in [0, 0.1) is 65.1 Å². The van der Waals surface area contributed by atoms with E-state index in [0.29, 0.717) is 54.9 Å². The summed E-state index contributed by atoms with van der Waals surface area (Å²) in [5.74, 6) is 8.83. The monoisotopic (exact) mass is 472 g/mol. The second-order valence-corrected chi connectivity index (χ2v) is 12.6. The number of benzene rings is 1. The molecule has 1 aromatic rings. The van der Waals surface area contributed by atoms with Crippen LogP contribution < -0.4 is 0 Å². The van der Waals surface area contributed by atoms with E-state index in [1.807, 2.05) is 0 Å². The Kier molecular flexibility index (Phi) is 6.31. The van der Waals surface area contributed by atoms with E-state index in [9.17, 15) is 14.4 Å². The highest BCUT2D eigenvalue weighted by molar-refractivity contribution is 5.93. The van der Waals surface area contributed by atoms with Gasteiger partial charge in [0.2, 0.25) is 0 Å². The highest BCUT2D eigenvalue weighted by Gasteiger charge is 2.66. The molecule has 0 bridgehead atoms. The van der Waals surface area contributed by atoms with Gasteiger partial charge in [0.1, 0.15) is 17.3 Å². The Hall–Kier alpha value is -2.21. The fourth-order valence-corrected chi connectivity index (χ4v) is 8.69. The van der Waals surface area contributed by atoms with E-state index in [0.717, 1.165) is 37.7 Å². The lowest BCUT2D eigenvalue weighted by atomic mass is 9.44. The molecule has 0 aromatic heterocycles. The normalized spacial score (nSPS) is 39.2. The molecule has 4 aliphatic rings. The molecule has 4 fully saturated rings. The van der Waals surface area contributed by atoms with Crippen molar-refractivity contribution in [3.8, 4) is 11.8 Å². The molecule has 1 aromatic carbocycles. The molecular weight excluding hydrogens is 432 g/mol. The zero-order chi connectivity index (χ0) is 25.0. The molecule has 5 rings (SSSR count). The van der Waals surface area contributed by atoms with Gasteiger partial charge in [0.05, 0.1) is 0 Å². The van der Waals surface area contributed by atoms with Crippen LogP contribution in [-0.4, -0.2) is 17.3 Å². The highest BCUT2D eigenvalue weighted by Crippen LogP contribution is 2.66.